The third-order valence-corrected chi connectivity index (χ3v) is 19.0. The van der Waals surface area contributed by atoms with Gasteiger partial charge in [-0.05, 0) is 25.7 Å². The van der Waals surface area contributed by atoms with E-state index in [9.17, 15) is 43.2 Å². The maximum Gasteiger partial charge on any atom is 0.472 e. The average Bonchev–Trinajstić information content (AvgIpc) is 2.12. The average molecular weight is 1350 g/mol. The summed E-state index contributed by atoms with van der Waals surface area (Å²) >= 11 is 0. The molecule has 3 N–H and O–H groups in total. The van der Waals surface area contributed by atoms with Crippen LogP contribution >= 0.6 is 15.6 Å². The fraction of sp³-hybridized carbons (Fsp3) is 0.945. The number of phosphoric ester groups is 2. The summed E-state index contributed by atoms with van der Waals surface area (Å²) in [5.41, 5.74) is 0. The van der Waals surface area contributed by atoms with Gasteiger partial charge in [0, 0.05) is 25.7 Å². The van der Waals surface area contributed by atoms with Gasteiger partial charge in [-0.25, -0.2) is 9.13 Å². The molecule has 0 saturated heterocycles. The van der Waals surface area contributed by atoms with Crippen LogP contribution in [0.15, 0.2) is 0 Å². The van der Waals surface area contributed by atoms with Crippen molar-refractivity contribution in [2.75, 3.05) is 39.6 Å². The summed E-state index contributed by atoms with van der Waals surface area (Å²) in [5, 5.41) is 10.6. The monoisotopic (exact) mass is 1350 g/mol. The highest BCUT2D eigenvalue weighted by Gasteiger charge is 2.30. The van der Waals surface area contributed by atoms with Gasteiger partial charge in [-0.3, -0.25) is 37.3 Å². The Bertz CT molecular complexity index is 1760. The number of hydrogen-bond donors (Lipinski definition) is 3. The summed E-state index contributed by atoms with van der Waals surface area (Å²) in [6.45, 7) is 4.97. The molecule has 0 radical (unpaired) electrons. The van der Waals surface area contributed by atoms with E-state index in [4.69, 9.17) is 37.0 Å². The Morgan fingerprint density at radius 3 is 0.641 bits per heavy atom. The standard InChI is InChI=1S/C73H142O17P2/c1-5-9-13-17-21-25-29-32-34-37-40-44-48-52-56-60-73(78)90-69(64-84-71(76)58-54-50-46-42-38-36-33-30-26-22-18-14-10-6-2)66-88-92(81,82)86-62-67(74)61-85-91(79,80)87-65-68(63-83-70(75)57-53-49-45-41-28-24-20-16-12-8-4)89-72(77)59-55-51-47-43-39-35-31-27-23-19-15-11-7-3/h67-69,74H,5-66H2,1-4H3,(H,79,80)(H,81,82)/t67-,68+,69+/m0/s1. The van der Waals surface area contributed by atoms with E-state index in [0.29, 0.717) is 25.7 Å². The number of carbonyl (C=O) groups excluding carboxylic acids is 4. The smallest absolute Gasteiger partial charge is 0.462 e. The topological polar surface area (TPSA) is 237 Å². The maximum absolute atomic E-state index is 13.1. The van der Waals surface area contributed by atoms with Gasteiger partial charge in [-0.1, -0.05) is 336 Å². The van der Waals surface area contributed by atoms with E-state index >= 15 is 0 Å². The summed E-state index contributed by atoms with van der Waals surface area (Å²) in [4.78, 5) is 72.7. The Labute approximate surface area is 562 Å². The number of phosphoric acid groups is 2. The first-order chi connectivity index (χ1) is 44.7. The highest BCUT2D eigenvalue weighted by molar-refractivity contribution is 7.47. The second kappa shape index (κ2) is 67.6. The molecule has 5 atom stereocenters. The molecular weight excluding hydrogens is 1210 g/mol. The van der Waals surface area contributed by atoms with Crippen LogP contribution in [0, 0.1) is 0 Å². The largest absolute Gasteiger partial charge is 0.472 e. The molecule has 0 saturated carbocycles. The molecular formula is C73H142O17P2. The van der Waals surface area contributed by atoms with Crippen LogP contribution in [-0.4, -0.2) is 96.7 Å². The zero-order valence-corrected chi connectivity index (χ0v) is 61.3. The summed E-state index contributed by atoms with van der Waals surface area (Å²) in [5.74, 6) is -2.11. The molecule has 2 unspecified atom stereocenters. The SMILES string of the molecule is CCCCCCCCCCCCCCCCCC(=O)O[C@H](COC(=O)CCCCCCCCCCCCCCCC)COP(=O)(O)OC[C@@H](O)COP(=O)(O)OC[C@@H](COC(=O)CCCCCCCCCCCC)OC(=O)CCCCCCCCCCCCCCC. The fourth-order valence-electron chi connectivity index (χ4n) is 11.2. The van der Waals surface area contributed by atoms with Crippen molar-refractivity contribution in [2.45, 2.75) is 406 Å². The van der Waals surface area contributed by atoms with Gasteiger partial charge in [0.2, 0.25) is 0 Å². The van der Waals surface area contributed by atoms with Gasteiger partial charge in [0.25, 0.3) is 0 Å². The number of unbranched alkanes of at least 4 members (excludes halogenated alkanes) is 48. The molecule has 17 nitrogen and oxygen atoms in total. The van der Waals surface area contributed by atoms with E-state index in [0.717, 1.165) is 89.9 Å². The van der Waals surface area contributed by atoms with Gasteiger partial charge in [-0.2, -0.15) is 0 Å². The number of aliphatic hydroxyl groups excluding tert-OH is 1. The van der Waals surface area contributed by atoms with Gasteiger partial charge in [0.15, 0.2) is 12.2 Å². The van der Waals surface area contributed by atoms with E-state index in [-0.39, 0.29) is 25.7 Å². The predicted molar refractivity (Wildman–Crippen MR) is 372 cm³/mol. The third kappa shape index (κ3) is 66.7. The zero-order chi connectivity index (χ0) is 67.5. The van der Waals surface area contributed by atoms with Gasteiger partial charge in [0.1, 0.15) is 19.3 Å². The molecule has 0 aliphatic heterocycles. The molecule has 0 aromatic heterocycles. The van der Waals surface area contributed by atoms with Gasteiger partial charge < -0.3 is 33.8 Å². The first kappa shape index (κ1) is 90.1. The Hall–Kier alpha value is -1.94. The summed E-state index contributed by atoms with van der Waals surface area (Å²) in [6.07, 6.45) is 56.6. The molecule has 92 heavy (non-hydrogen) atoms. The van der Waals surface area contributed by atoms with Crippen LogP contribution in [-0.2, 0) is 65.4 Å². The normalized spacial score (nSPS) is 13.9. The lowest BCUT2D eigenvalue weighted by atomic mass is 10.0. The second-order valence-corrected chi connectivity index (χ2v) is 29.2. The van der Waals surface area contributed by atoms with Crippen molar-refractivity contribution in [1.29, 1.82) is 0 Å². The van der Waals surface area contributed by atoms with Crippen LogP contribution in [0.3, 0.4) is 0 Å². The number of hydrogen-bond acceptors (Lipinski definition) is 15. The summed E-state index contributed by atoms with van der Waals surface area (Å²) < 4.78 is 68.4. The molecule has 546 valence electrons. The highest BCUT2D eigenvalue weighted by Crippen LogP contribution is 2.45. The van der Waals surface area contributed by atoms with Gasteiger partial charge in [0.05, 0.1) is 26.4 Å². The van der Waals surface area contributed by atoms with Crippen LogP contribution in [0.5, 0.6) is 0 Å². The van der Waals surface area contributed by atoms with Crippen LogP contribution < -0.4 is 0 Å². The Morgan fingerprint density at radius 2 is 0.435 bits per heavy atom. The van der Waals surface area contributed by atoms with Crippen molar-refractivity contribution < 1.29 is 80.2 Å². The number of esters is 4. The maximum atomic E-state index is 13.1. The van der Waals surface area contributed by atoms with Crippen molar-refractivity contribution >= 4 is 39.5 Å². The van der Waals surface area contributed by atoms with E-state index in [1.54, 1.807) is 0 Å². The van der Waals surface area contributed by atoms with Crippen LogP contribution in [0.1, 0.15) is 387 Å². The summed E-state index contributed by atoms with van der Waals surface area (Å²) in [7, 11) is -9.90. The van der Waals surface area contributed by atoms with Crippen LogP contribution in [0.4, 0.5) is 0 Å². The van der Waals surface area contributed by atoms with Crippen LogP contribution in [0.2, 0.25) is 0 Å². The number of ether oxygens (including phenoxy) is 4. The lowest BCUT2D eigenvalue weighted by molar-refractivity contribution is -0.161. The van der Waals surface area contributed by atoms with Crippen molar-refractivity contribution in [2.24, 2.45) is 0 Å². The molecule has 0 bridgehead atoms. The van der Waals surface area contributed by atoms with Crippen molar-refractivity contribution in [3.05, 3.63) is 0 Å². The number of aliphatic hydroxyl groups is 1. The number of carbonyl (C=O) groups is 4. The minimum absolute atomic E-state index is 0.108. The molecule has 0 rings (SSSR count). The quantitative estimate of drug-likeness (QED) is 0.0222. The first-order valence-corrected chi connectivity index (χ1v) is 41.3. The highest BCUT2D eigenvalue weighted by atomic mass is 31.2. The fourth-order valence-corrected chi connectivity index (χ4v) is 12.8. The van der Waals surface area contributed by atoms with Crippen molar-refractivity contribution in [3.8, 4) is 0 Å². The Morgan fingerprint density at radius 1 is 0.261 bits per heavy atom. The molecule has 0 aliphatic rings. The predicted octanol–water partition coefficient (Wildman–Crippen LogP) is 21.4. The zero-order valence-electron chi connectivity index (χ0n) is 59.5. The van der Waals surface area contributed by atoms with Crippen molar-refractivity contribution in [1.82, 2.24) is 0 Å². The molecule has 0 fully saturated rings. The number of rotatable bonds is 74. The minimum atomic E-state index is -4.95. The molecule has 0 spiro atoms. The van der Waals surface area contributed by atoms with E-state index < -0.39 is 97.5 Å². The van der Waals surface area contributed by atoms with Crippen LogP contribution in [0.25, 0.3) is 0 Å². The van der Waals surface area contributed by atoms with Gasteiger partial charge >= 0.3 is 39.5 Å². The second-order valence-electron chi connectivity index (χ2n) is 26.3. The minimum Gasteiger partial charge on any atom is -0.462 e. The molecule has 0 amide bonds. The van der Waals surface area contributed by atoms with E-state index in [1.807, 2.05) is 0 Å². The summed E-state index contributed by atoms with van der Waals surface area (Å²) in [6, 6.07) is 0. The lowest BCUT2D eigenvalue weighted by Crippen LogP contribution is -2.30. The lowest BCUT2D eigenvalue weighted by Gasteiger charge is -2.21. The van der Waals surface area contributed by atoms with Crippen molar-refractivity contribution in [3.63, 3.8) is 0 Å². The molecule has 0 aromatic carbocycles. The Kier molecular flexibility index (Phi) is 66.2. The molecule has 0 heterocycles. The van der Waals surface area contributed by atoms with E-state index in [2.05, 4.69) is 27.7 Å². The Balaban J connectivity index is 5.24. The molecule has 0 aliphatic carbocycles. The van der Waals surface area contributed by atoms with E-state index in [1.165, 1.54) is 218 Å². The first-order valence-electron chi connectivity index (χ1n) is 38.3. The molecule has 0 aromatic rings. The van der Waals surface area contributed by atoms with Gasteiger partial charge in [-0.15, -0.1) is 0 Å². The third-order valence-electron chi connectivity index (χ3n) is 17.1. The molecule has 19 heteroatoms.